The third-order valence-electron chi connectivity index (χ3n) is 5.87. The number of methoxy groups -OCH3 is 1. The van der Waals surface area contributed by atoms with Crippen LogP contribution in [0.2, 0.25) is 0 Å². The van der Waals surface area contributed by atoms with E-state index in [9.17, 15) is 9.59 Å². The predicted molar refractivity (Wildman–Crippen MR) is 132 cm³/mol. The molecule has 0 radical (unpaired) electrons. The van der Waals surface area contributed by atoms with E-state index >= 15 is 0 Å². The lowest BCUT2D eigenvalue weighted by molar-refractivity contribution is -0.131. The Kier molecular flexibility index (Phi) is 7.80. The summed E-state index contributed by atoms with van der Waals surface area (Å²) in [5.41, 5.74) is 2.26. The van der Waals surface area contributed by atoms with Crippen LogP contribution in [0.4, 0.5) is 0 Å². The quantitative estimate of drug-likeness (QED) is 0.524. The smallest absolute Gasteiger partial charge is 0.270 e. The summed E-state index contributed by atoms with van der Waals surface area (Å²) in [6, 6.07) is 15.3. The predicted octanol–water partition coefficient (Wildman–Crippen LogP) is 4.18. The van der Waals surface area contributed by atoms with Crippen LogP contribution in [0, 0.1) is 0 Å². The van der Waals surface area contributed by atoms with Gasteiger partial charge in [0.2, 0.25) is 5.91 Å². The van der Waals surface area contributed by atoms with Gasteiger partial charge in [0.25, 0.3) is 5.91 Å². The number of ether oxygens (including phenoxy) is 2. The van der Waals surface area contributed by atoms with Crippen molar-refractivity contribution in [3.63, 3.8) is 0 Å². The number of hydrogen-bond donors (Lipinski definition) is 1. The average Bonchev–Trinajstić information content (AvgIpc) is 3.36. The Bertz CT molecular complexity index is 1120. The Labute approximate surface area is 203 Å². The molecule has 2 amide bonds. The van der Waals surface area contributed by atoms with Gasteiger partial charge in [0.15, 0.2) is 0 Å². The summed E-state index contributed by atoms with van der Waals surface area (Å²) in [6.45, 7) is 3.81. The maximum Gasteiger partial charge on any atom is 0.270 e. The summed E-state index contributed by atoms with van der Waals surface area (Å²) in [6.07, 6.45) is 1.76. The van der Waals surface area contributed by atoms with Crippen molar-refractivity contribution in [1.29, 1.82) is 0 Å². The fraction of sp³-hybridized carbons (Fsp3) is 0.346. The second kappa shape index (κ2) is 11.2. The van der Waals surface area contributed by atoms with E-state index in [1.807, 2.05) is 60.4 Å². The first-order valence-corrected chi connectivity index (χ1v) is 12.3. The van der Waals surface area contributed by atoms with E-state index in [0.717, 1.165) is 40.5 Å². The third kappa shape index (κ3) is 5.75. The largest absolute Gasteiger partial charge is 0.496 e. The normalized spacial score (nSPS) is 14.0. The summed E-state index contributed by atoms with van der Waals surface area (Å²) in [4.78, 5) is 31.9. The first kappa shape index (κ1) is 23.8. The third-order valence-corrected chi connectivity index (χ3v) is 6.76. The van der Waals surface area contributed by atoms with Crippen molar-refractivity contribution < 1.29 is 19.1 Å². The Hall–Kier alpha value is -3.39. The Balaban J connectivity index is 1.28. The number of nitrogens with one attached hydrogen (secondary N) is 1. The lowest BCUT2D eigenvalue weighted by Gasteiger charge is -2.32. The maximum atomic E-state index is 12.7. The van der Waals surface area contributed by atoms with Crippen LogP contribution in [0.15, 0.2) is 53.9 Å². The van der Waals surface area contributed by atoms with Crippen LogP contribution in [0.1, 0.15) is 35.8 Å². The number of para-hydroxylation sites is 1. The van der Waals surface area contributed by atoms with Crippen LogP contribution in [0.25, 0.3) is 10.6 Å². The Morgan fingerprint density at radius 2 is 1.85 bits per heavy atom. The van der Waals surface area contributed by atoms with Crippen LogP contribution in [0.3, 0.4) is 0 Å². The van der Waals surface area contributed by atoms with Crippen LogP contribution in [0.5, 0.6) is 11.5 Å². The molecule has 0 atom stereocenters. The van der Waals surface area contributed by atoms with Crippen molar-refractivity contribution in [3.05, 3.63) is 65.2 Å². The van der Waals surface area contributed by atoms with Gasteiger partial charge in [0, 0.05) is 35.6 Å². The molecule has 1 N–H and O–H groups in total. The van der Waals surface area contributed by atoms with Crippen molar-refractivity contribution >= 4 is 23.2 Å². The lowest BCUT2D eigenvalue weighted by atomic mass is 10.0. The van der Waals surface area contributed by atoms with Crippen LogP contribution in [-0.4, -0.2) is 54.5 Å². The zero-order chi connectivity index (χ0) is 23.9. The van der Waals surface area contributed by atoms with Crippen molar-refractivity contribution in [2.24, 2.45) is 0 Å². The van der Waals surface area contributed by atoms with E-state index in [4.69, 9.17) is 9.47 Å². The highest BCUT2D eigenvalue weighted by molar-refractivity contribution is 7.13. The molecule has 0 aliphatic carbocycles. The second-order valence-electron chi connectivity index (χ2n) is 8.11. The number of amides is 2. The van der Waals surface area contributed by atoms with Crippen LogP contribution in [-0.2, 0) is 11.2 Å². The summed E-state index contributed by atoms with van der Waals surface area (Å²) >= 11 is 1.44. The minimum absolute atomic E-state index is 0.0263. The van der Waals surface area contributed by atoms with Gasteiger partial charge in [-0.05, 0) is 50.1 Å². The number of aromatic nitrogens is 1. The molecule has 0 unspecified atom stereocenters. The van der Waals surface area contributed by atoms with Gasteiger partial charge in [-0.15, -0.1) is 11.3 Å². The van der Waals surface area contributed by atoms with Gasteiger partial charge in [-0.2, -0.15) is 0 Å². The van der Waals surface area contributed by atoms with E-state index in [0.29, 0.717) is 31.8 Å². The zero-order valence-electron chi connectivity index (χ0n) is 19.5. The van der Waals surface area contributed by atoms with Crippen LogP contribution >= 0.6 is 11.3 Å². The van der Waals surface area contributed by atoms with Crippen LogP contribution < -0.4 is 14.8 Å². The van der Waals surface area contributed by atoms with Gasteiger partial charge >= 0.3 is 0 Å². The van der Waals surface area contributed by atoms with E-state index < -0.39 is 0 Å². The topological polar surface area (TPSA) is 80.8 Å². The number of nitrogens with zero attached hydrogens (tertiary/aromatic N) is 2. The molecule has 1 aliphatic heterocycles. The van der Waals surface area contributed by atoms with Gasteiger partial charge < -0.3 is 19.7 Å². The number of carbonyl (C=O) groups excluding carboxylic acids is 2. The molecule has 2 heterocycles. The standard InChI is InChI=1S/C26H29N3O4S/c1-3-33-21-10-8-18(9-11-21)26-28-22(17-34-26)25(31)27-20-12-14-29(15-13-20)24(30)16-19-6-4-5-7-23(19)32-2/h4-11,17,20H,3,12-16H2,1-2H3,(H,27,31). The summed E-state index contributed by atoms with van der Waals surface area (Å²) in [5.74, 6) is 1.44. The Morgan fingerprint density at radius 1 is 1.12 bits per heavy atom. The molecule has 0 bridgehead atoms. The van der Waals surface area contributed by atoms with E-state index in [1.54, 1.807) is 12.5 Å². The highest BCUT2D eigenvalue weighted by Crippen LogP contribution is 2.26. The molecular formula is C26H29N3O4S. The van der Waals surface area contributed by atoms with Crippen molar-refractivity contribution in [2.45, 2.75) is 32.2 Å². The molecule has 1 saturated heterocycles. The van der Waals surface area contributed by atoms with E-state index in [1.165, 1.54) is 11.3 Å². The zero-order valence-corrected chi connectivity index (χ0v) is 20.3. The number of hydrogen-bond acceptors (Lipinski definition) is 6. The number of thiazole rings is 1. The molecule has 7 nitrogen and oxygen atoms in total. The first-order chi connectivity index (χ1) is 16.6. The lowest BCUT2D eigenvalue weighted by Crippen LogP contribution is -2.47. The van der Waals surface area contributed by atoms with Gasteiger partial charge in [-0.25, -0.2) is 4.98 Å². The molecule has 0 saturated carbocycles. The summed E-state index contributed by atoms with van der Waals surface area (Å²) in [5, 5.41) is 5.66. The fourth-order valence-electron chi connectivity index (χ4n) is 4.03. The molecule has 8 heteroatoms. The Morgan fingerprint density at radius 3 is 2.56 bits per heavy atom. The molecular weight excluding hydrogens is 450 g/mol. The van der Waals surface area contributed by atoms with E-state index in [-0.39, 0.29) is 17.9 Å². The SMILES string of the molecule is CCOc1ccc(-c2nc(C(=O)NC3CCN(C(=O)Cc4ccccc4OC)CC3)cs2)cc1. The summed E-state index contributed by atoms with van der Waals surface area (Å²) in [7, 11) is 1.61. The fourth-order valence-corrected chi connectivity index (χ4v) is 4.83. The summed E-state index contributed by atoms with van der Waals surface area (Å²) < 4.78 is 10.8. The molecule has 1 aliphatic rings. The van der Waals surface area contributed by atoms with Gasteiger partial charge in [0.1, 0.15) is 22.2 Å². The molecule has 1 fully saturated rings. The van der Waals surface area contributed by atoms with Crippen molar-refractivity contribution in [1.82, 2.24) is 15.2 Å². The molecule has 3 aromatic rings. The first-order valence-electron chi connectivity index (χ1n) is 11.5. The van der Waals surface area contributed by atoms with Crippen molar-refractivity contribution in [3.8, 4) is 22.1 Å². The molecule has 178 valence electrons. The number of carbonyl (C=O) groups is 2. The highest BCUT2D eigenvalue weighted by Gasteiger charge is 2.25. The maximum absolute atomic E-state index is 12.7. The van der Waals surface area contributed by atoms with Gasteiger partial charge in [-0.1, -0.05) is 18.2 Å². The molecule has 1 aromatic heterocycles. The number of benzene rings is 2. The van der Waals surface area contributed by atoms with Gasteiger partial charge in [0.05, 0.1) is 20.1 Å². The number of piperidine rings is 1. The minimum Gasteiger partial charge on any atom is -0.496 e. The number of likely N-dealkylation sites (tertiary alicyclic amines) is 1. The highest BCUT2D eigenvalue weighted by atomic mass is 32.1. The monoisotopic (exact) mass is 479 g/mol. The number of rotatable bonds is 8. The average molecular weight is 480 g/mol. The minimum atomic E-state index is -0.174. The molecule has 2 aromatic carbocycles. The van der Waals surface area contributed by atoms with Crippen molar-refractivity contribution in [2.75, 3.05) is 26.8 Å². The second-order valence-corrected chi connectivity index (χ2v) is 8.97. The molecule has 0 spiro atoms. The molecule has 34 heavy (non-hydrogen) atoms. The molecule has 4 rings (SSSR count). The van der Waals surface area contributed by atoms with Gasteiger partial charge in [-0.3, -0.25) is 9.59 Å². The van der Waals surface area contributed by atoms with E-state index in [2.05, 4.69) is 10.3 Å².